The lowest BCUT2D eigenvalue weighted by Gasteiger charge is -2.26. The lowest BCUT2D eigenvalue weighted by molar-refractivity contribution is -0.129. The fraction of sp³-hybridized carbons (Fsp3) is 0.550. The van der Waals surface area contributed by atoms with Crippen molar-refractivity contribution in [1.82, 2.24) is 19.7 Å². The topological polar surface area (TPSA) is 85.2 Å². The first-order valence-electron chi connectivity index (χ1n) is 10.1. The van der Waals surface area contributed by atoms with E-state index in [1.165, 1.54) is 17.3 Å². The maximum absolute atomic E-state index is 12.8. The Kier molecular flexibility index (Phi) is 5.96. The number of aromatic nitrogens is 3. The van der Waals surface area contributed by atoms with Crippen molar-refractivity contribution >= 4 is 27.5 Å². The van der Waals surface area contributed by atoms with Gasteiger partial charge in [-0.2, -0.15) is 0 Å². The summed E-state index contributed by atoms with van der Waals surface area (Å²) in [5.41, 5.74) is 1.17. The fourth-order valence-corrected chi connectivity index (χ4v) is 6.40. The predicted molar refractivity (Wildman–Crippen MR) is 113 cm³/mol. The summed E-state index contributed by atoms with van der Waals surface area (Å²) >= 11 is 1.39. The van der Waals surface area contributed by atoms with Gasteiger partial charge in [-0.1, -0.05) is 42.1 Å². The maximum atomic E-state index is 12.8. The van der Waals surface area contributed by atoms with Gasteiger partial charge in [-0.25, -0.2) is 8.42 Å². The van der Waals surface area contributed by atoms with E-state index < -0.39 is 9.84 Å². The number of benzene rings is 1. The molecule has 7 nitrogen and oxygen atoms in total. The molecule has 1 aromatic heterocycles. The van der Waals surface area contributed by atoms with Gasteiger partial charge in [0.1, 0.15) is 5.82 Å². The molecule has 1 amide bonds. The molecule has 29 heavy (non-hydrogen) atoms. The van der Waals surface area contributed by atoms with Crippen molar-refractivity contribution in [2.24, 2.45) is 0 Å². The molecule has 1 saturated carbocycles. The molecule has 0 N–H and O–H groups in total. The van der Waals surface area contributed by atoms with Crippen LogP contribution >= 0.6 is 11.8 Å². The van der Waals surface area contributed by atoms with E-state index in [0.717, 1.165) is 23.8 Å². The van der Waals surface area contributed by atoms with Crippen molar-refractivity contribution in [2.75, 3.05) is 23.8 Å². The Bertz CT molecular complexity index is 971. The van der Waals surface area contributed by atoms with Gasteiger partial charge in [-0.15, -0.1) is 10.2 Å². The molecular weight excluding hydrogens is 408 g/mol. The second-order valence-corrected chi connectivity index (χ2v) is 10.9. The Morgan fingerprint density at radius 3 is 2.59 bits per heavy atom. The summed E-state index contributed by atoms with van der Waals surface area (Å²) in [6, 6.07) is 9.98. The molecule has 1 aromatic carbocycles. The van der Waals surface area contributed by atoms with Gasteiger partial charge in [0.05, 0.1) is 23.8 Å². The van der Waals surface area contributed by atoms with E-state index in [2.05, 4.69) is 26.9 Å². The van der Waals surface area contributed by atoms with E-state index in [0.29, 0.717) is 25.4 Å². The zero-order chi connectivity index (χ0) is 20.4. The number of carbonyl (C=O) groups is 1. The van der Waals surface area contributed by atoms with Gasteiger partial charge in [0.25, 0.3) is 0 Å². The van der Waals surface area contributed by atoms with Gasteiger partial charge >= 0.3 is 0 Å². The minimum absolute atomic E-state index is 0.0400. The number of rotatable bonds is 8. The van der Waals surface area contributed by atoms with Crippen LogP contribution in [0.1, 0.15) is 43.5 Å². The van der Waals surface area contributed by atoms with E-state index in [4.69, 9.17) is 0 Å². The van der Waals surface area contributed by atoms with E-state index in [9.17, 15) is 13.2 Å². The lowest BCUT2D eigenvalue weighted by Crippen LogP contribution is -2.42. The fourth-order valence-electron chi connectivity index (χ4n) is 3.83. The van der Waals surface area contributed by atoms with Crippen LogP contribution in [0.4, 0.5) is 0 Å². The summed E-state index contributed by atoms with van der Waals surface area (Å²) in [5, 5.41) is 9.51. The Labute approximate surface area is 175 Å². The highest BCUT2D eigenvalue weighted by Gasteiger charge is 2.34. The zero-order valence-electron chi connectivity index (χ0n) is 16.5. The number of hydrogen-bond donors (Lipinski definition) is 0. The van der Waals surface area contributed by atoms with E-state index in [1.54, 1.807) is 4.90 Å². The minimum Gasteiger partial charge on any atom is -0.338 e. The molecule has 0 radical (unpaired) electrons. The Hall–Kier alpha value is -1.87. The molecule has 4 rings (SSSR count). The quantitative estimate of drug-likeness (QED) is 0.593. The molecule has 0 bridgehead atoms. The number of amides is 1. The van der Waals surface area contributed by atoms with Gasteiger partial charge in [0.2, 0.25) is 5.91 Å². The van der Waals surface area contributed by atoms with Gasteiger partial charge < -0.3 is 9.47 Å². The monoisotopic (exact) mass is 434 g/mol. The third-order valence-electron chi connectivity index (χ3n) is 5.51. The number of sulfone groups is 1. The van der Waals surface area contributed by atoms with Crippen LogP contribution in [0.15, 0.2) is 35.5 Å². The van der Waals surface area contributed by atoms with Crippen LogP contribution in [-0.4, -0.2) is 63.8 Å². The largest absolute Gasteiger partial charge is 0.338 e. The molecule has 2 aromatic rings. The van der Waals surface area contributed by atoms with Gasteiger partial charge in [0.15, 0.2) is 15.0 Å². The molecular formula is C20H26N4O3S2. The van der Waals surface area contributed by atoms with Crippen molar-refractivity contribution in [3.8, 4) is 0 Å². The van der Waals surface area contributed by atoms with Crippen LogP contribution in [0.3, 0.4) is 0 Å². The minimum atomic E-state index is -3.02. The van der Waals surface area contributed by atoms with E-state index in [1.807, 2.05) is 25.1 Å². The molecule has 2 heterocycles. The maximum Gasteiger partial charge on any atom is 0.233 e. The van der Waals surface area contributed by atoms with Gasteiger partial charge in [0, 0.05) is 18.5 Å². The molecule has 1 aliphatic carbocycles. The highest BCUT2D eigenvalue weighted by Crippen LogP contribution is 2.40. The molecule has 0 unspecified atom stereocenters. The summed E-state index contributed by atoms with van der Waals surface area (Å²) in [6.07, 6.45) is 2.80. The first kappa shape index (κ1) is 20.4. The molecule has 1 aliphatic heterocycles. The summed E-state index contributed by atoms with van der Waals surface area (Å²) in [7, 11) is -3.02. The highest BCUT2D eigenvalue weighted by molar-refractivity contribution is 7.99. The average molecular weight is 435 g/mol. The van der Waals surface area contributed by atoms with E-state index >= 15 is 0 Å². The van der Waals surface area contributed by atoms with Crippen LogP contribution < -0.4 is 0 Å². The van der Waals surface area contributed by atoms with Gasteiger partial charge in [-0.05, 0) is 31.7 Å². The van der Waals surface area contributed by atoms with Crippen LogP contribution in [-0.2, 0) is 21.2 Å². The predicted octanol–water partition coefficient (Wildman–Crippen LogP) is 2.33. The zero-order valence-corrected chi connectivity index (χ0v) is 18.2. The van der Waals surface area contributed by atoms with Crippen LogP contribution in [0, 0.1) is 0 Å². The Morgan fingerprint density at radius 2 is 1.97 bits per heavy atom. The summed E-state index contributed by atoms with van der Waals surface area (Å²) in [5.74, 6) is 1.91. The Balaban J connectivity index is 1.45. The second kappa shape index (κ2) is 8.47. The van der Waals surface area contributed by atoms with Crippen LogP contribution in [0.2, 0.25) is 0 Å². The summed E-state index contributed by atoms with van der Waals surface area (Å²) in [4.78, 5) is 14.5. The smallest absolute Gasteiger partial charge is 0.233 e. The molecule has 156 valence electrons. The molecule has 9 heteroatoms. The molecule has 2 aliphatic rings. The number of thioether (sulfide) groups is 1. The highest BCUT2D eigenvalue weighted by atomic mass is 32.2. The average Bonchev–Trinajstić information content (AvgIpc) is 3.38. The number of hydrogen-bond acceptors (Lipinski definition) is 6. The second-order valence-electron chi connectivity index (χ2n) is 7.71. The lowest BCUT2D eigenvalue weighted by atomic mass is 10.2. The van der Waals surface area contributed by atoms with Crippen molar-refractivity contribution in [2.45, 2.75) is 49.8 Å². The van der Waals surface area contributed by atoms with Crippen molar-refractivity contribution in [3.63, 3.8) is 0 Å². The summed E-state index contributed by atoms with van der Waals surface area (Å²) in [6.45, 7) is 3.11. The first-order chi connectivity index (χ1) is 14.0. The van der Waals surface area contributed by atoms with Crippen molar-refractivity contribution in [1.29, 1.82) is 0 Å². The molecule has 1 saturated heterocycles. The van der Waals surface area contributed by atoms with Crippen LogP contribution in [0.5, 0.6) is 0 Å². The standard InChI is InChI=1S/C20H26N4O3S2/c1-2-23(17-10-11-29(26,27)14-17)18(25)13-28-20-22-21-19(16-8-9-16)24(20)12-15-6-4-3-5-7-15/h3-7,16-17H,2,8-14H2,1H3/t17-/m1/s1. The number of carbonyl (C=O) groups excluding carboxylic acids is 1. The number of nitrogens with zero attached hydrogens (tertiary/aromatic N) is 4. The van der Waals surface area contributed by atoms with Crippen molar-refractivity contribution < 1.29 is 13.2 Å². The third-order valence-corrected chi connectivity index (χ3v) is 8.21. The molecule has 2 fully saturated rings. The SMILES string of the molecule is CCN(C(=O)CSc1nnc(C2CC2)n1Cc1ccccc1)[C@@H]1CCS(=O)(=O)C1. The van der Waals surface area contributed by atoms with Crippen molar-refractivity contribution in [3.05, 3.63) is 41.7 Å². The molecule has 1 atom stereocenters. The summed E-state index contributed by atoms with van der Waals surface area (Å²) < 4.78 is 25.7. The normalized spacial score (nSPS) is 20.7. The van der Waals surface area contributed by atoms with Crippen LogP contribution in [0.25, 0.3) is 0 Å². The Morgan fingerprint density at radius 1 is 1.21 bits per heavy atom. The van der Waals surface area contributed by atoms with E-state index in [-0.39, 0.29) is 29.2 Å². The van der Waals surface area contributed by atoms with Gasteiger partial charge in [-0.3, -0.25) is 4.79 Å². The third kappa shape index (κ3) is 4.83. The first-order valence-corrected chi connectivity index (χ1v) is 12.9. The molecule has 0 spiro atoms.